The Morgan fingerprint density at radius 3 is 3.00 bits per heavy atom. The summed E-state index contributed by atoms with van der Waals surface area (Å²) in [5.74, 6) is 2.22. The van der Waals surface area contributed by atoms with Gasteiger partial charge in [-0.25, -0.2) is 0 Å². The van der Waals surface area contributed by atoms with Crippen LogP contribution in [-0.2, 0) is 5.75 Å². The van der Waals surface area contributed by atoms with Crippen molar-refractivity contribution in [2.45, 2.75) is 18.7 Å². The molecule has 12 heavy (non-hydrogen) atoms. The van der Waals surface area contributed by atoms with Crippen molar-refractivity contribution in [3.05, 3.63) is 11.7 Å². The van der Waals surface area contributed by atoms with Crippen molar-refractivity contribution >= 4 is 11.8 Å². The Morgan fingerprint density at radius 2 is 2.42 bits per heavy atom. The lowest BCUT2D eigenvalue weighted by atomic mass is 10.3. The smallest absolute Gasteiger partial charge is 0.243 e. The molecule has 68 valence electrons. The Balaban J connectivity index is 2.63. The molecule has 0 aliphatic carbocycles. The van der Waals surface area contributed by atoms with Gasteiger partial charge in [0.15, 0.2) is 5.82 Å². The molecule has 1 atom stereocenters. The Labute approximate surface area is 76.1 Å². The Kier molecular flexibility index (Phi) is 3.55. The van der Waals surface area contributed by atoms with Gasteiger partial charge >= 0.3 is 0 Å². The number of thioether (sulfide) groups is 1. The molecule has 0 bridgehead atoms. The molecule has 1 unspecified atom stereocenters. The molecular weight excluding hydrogens is 174 g/mol. The second-order valence-corrected chi connectivity index (χ2v) is 3.36. The van der Waals surface area contributed by atoms with E-state index >= 15 is 0 Å². The third kappa shape index (κ3) is 2.22. The zero-order chi connectivity index (χ0) is 8.97. The molecule has 1 rings (SSSR count). The normalized spacial score (nSPS) is 13.2. The summed E-state index contributed by atoms with van der Waals surface area (Å²) in [5, 5.41) is 6.86. The van der Waals surface area contributed by atoms with Crippen LogP contribution in [0.25, 0.3) is 0 Å². The third-order valence-corrected chi connectivity index (χ3v) is 2.11. The molecule has 0 fully saturated rings. The molecule has 1 aromatic rings. The molecular formula is C7H13N3OS. The summed E-state index contributed by atoms with van der Waals surface area (Å²) >= 11 is 1.68. The number of nitrogens with one attached hydrogen (secondary N) is 1. The largest absolute Gasteiger partial charge is 0.338 e. The van der Waals surface area contributed by atoms with Crippen LogP contribution in [0.1, 0.15) is 24.7 Å². The topological polar surface area (TPSA) is 51.0 Å². The SMILES string of the molecule is CNC(C)c1nc(CSC)no1. The lowest BCUT2D eigenvalue weighted by Crippen LogP contribution is -2.12. The van der Waals surface area contributed by atoms with Gasteiger partial charge in [0.1, 0.15) is 0 Å². The van der Waals surface area contributed by atoms with Crippen molar-refractivity contribution in [3.63, 3.8) is 0 Å². The summed E-state index contributed by atoms with van der Waals surface area (Å²) in [4.78, 5) is 4.21. The van der Waals surface area contributed by atoms with Crippen LogP contribution in [0.15, 0.2) is 4.52 Å². The van der Waals surface area contributed by atoms with E-state index in [0.29, 0.717) is 5.89 Å². The van der Waals surface area contributed by atoms with Gasteiger partial charge < -0.3 is 9.84 Å². The highest BCUT2D eigenvalue weighted by Gasteiger charge is 2.10. The average Bonchev–Trinajstić information content (AvgIpc) is 2.52. The first-order chi connectivity index (χ1) is 5.77. The van der Waals surface area contributed by atoms with Crippen molar-refractivity contribution in [1.29, 1.82) is 0 Å². The van der Waals surface area contributed by atoms with E-state index < -0.39 is 0 Å². The third-order valence-electron chi connectivity index (χ3n) is 1.56. The monoisotopic (exact) mass is 187 g/mol. The van der Waals surface area contributed by atoms with Crippen molar-refractivity contribution in [2.24, 2.45) is 0 Å². The van der Waals surface area contributed by atoms with E-state index in [-0.39, 0.29) is 6.04 Å². The van der Waals surface area contributed by atoms with Crippen LogP contribution in [0.2, 0.25) is 0 Å². The maximum Gasteiger partial charge on any atom is 0.243 e. The van der Waals surface area contributed by atoms with Gasteiger partial charge in [-0.05, 0) is 20.2 Å². The molecule has 0 radical (unpaired) electrons. The van der Waals surface area contributed by atoms with Gasteiger partial charge in [0.05, 0.1) is 11.8 Å². The highest BCUT2D eigenvalue weighted by Crippen LogP contribution is 2.11. The van der Waals surface area contributed by atoms with Crippen LogP contribution in [-0.4, -0.2) is 23.4 Å². The van der Waals surface area contributed by atoms with E-state index in [0.717, 1.165) is 11.6 Å². The van der Waals surface area contributed by atoms with E-state index in [1.807, 2.05) is 20.2 Å². The van der Waals surface area contributed by atoms with Crippen LogP contribution in [0.3, 0.4) is 0 Å². The average molecular weight is 187 g/mol. The fraction of sp³-hybridized carbons (Fsp3) is 0.714. The highest BCUT2D eigenvalue weighted by molar-refractivity contribution is 7.97. The first-order valence-electron chi connectivity index (χ1n) is 3.76. The lowest BCUT2D eigenvalue weighted by Gasteiger charge is -2.01. The molecule has 0 aliphatic rings. The Bertz CT molecular complexity index is 238. The summed E-state index contributed by atoms with van der Waals surface area (Å²) in [5.41, 5.74) is 0. The van der Waals surface area contributed by atoms with Gasteiger partial charge in [0, 0.05) is 0 Å². The summed E-state index contributed by atoms with van der Waals surface area (Å²) in [6.45, 7) is 1.98. The maximum atomic E-state index is 5.03. The molecule has 4 nitrogen and oxygen atoms in total. The molecule has 5 heteroatoms. The molecule has 1 heterocycles. The van der Waals surface area contributed by atoms with E-state index in [9.17, 15) is 0 Å². The first kappa shape index (κ1) is 9.54. The number of nitrogens with zero attached hydrogens (tertiary/aromatic N) is 2. The number of aromatic nitrogens is 2. The quantitative estimate of drug-likeness (QED) is 0.768. The highest BCUT2D eigenvalue weighted by atomic mass is 32.2. The van der Waals surface area contributed by atoms with Gasteiger partial charge in [-0.15, -0.1) is 0 Å². The van der Waals surface area contributed by atoms with Gasteiger partial charge in [0.2, 0.25) is 5.89 Å². The van der Waals surface area contributed by atoms with E-state index in [4.69, 9.17) is 4.52 Å². The zero-order valence-corrected chi connectivity index (χ0v) is 8.31. The minimum Gasteiger partial charge on any atom is -0.338 e. The van der Waals surface area contributed by atoms with Crippen LogP contribution < -0.4 is 5.32 Å². The zero-order valence-electron chi connectivity index (χ0n) is 7.50. The van der Waals surface area contributed by atoms with Crippen molar-refractivity contribution < 1.29 is 4.52 Å². The first-order valence-corrected chi connectivity index (χ1v) is 5.16. The van der Waals surface area contributed by atoms with E-state index in [1.165, 1.54) is 0 Å². The Hall–Kier alpha value is -0.550. The predicted molar refractivity (Wildman–Crippen MR) is 49.0 cm³/mol. The maximum absolute atomic E-state index is 5.03. The van der Waals surface area contributed by atoms with Gasteiger partial charge in [-0.2, -0.15) is 16.7 Å². The summed E-state index contributed by atoms with van der Waals surface area (Å²) < 4.78 is 5.03. The number of rotatable bonds is 4. The van der Waals surface area contributed by atoms with Crippen LogP contribution in [0, 0.1) is 0 Å². The van der Waals surface area contributed by atoms with Crippen molar-refractivity contribution in [3.8, 4) is 0 Å². The number of hydrogen-bond donors (Lipinski definition) is 1. The summed E-state index contributed by atoms with van der Waals surface area (Å²) in [6.07, 6.45) is 2.01. The van der Waals surface area contributed by atoms with Gasteiger partial charge in [-0.1, -0.05) is 5.16 Å². The van der Waals surface area contributed by atoms with Crippen LogP contribution in [0.4, 0.5) is 0 Å². The molecule has 0 spiro atoms. The van der Waals surface area contributed by atoms with Crippen molar-refractivity contribution in [1.82, 2.24) is 15.5 Å². The Morgan fingerprint density at radius 1 is 1.67 bits per heavy atom. The fourth-order valence-corrected chi connectivity index (χ4v) is 1.13. The van der Waals surface area contributed by atoms with Crippen LogP contribution in [0.5, 0.6) is 0 Å². The lowest BCUT2D eigenvalue weighted by molar-refractivity contribution is 0.344. The van der Waals surface area contributed by atoms with Crippen molar-refractivity contribution in [2.75, 3.05) is 13.3 Å². The second kappa shape index (κ2) is 4.47. The molecule has 0 aromatic carbocycles. The molecule has 0 amide bonds. The summed E-state index contributed by atoms with van der Waals surface area (Å²) in [7, 11) is 1.86. The molecule has 1 N–H and O–H groups in total. The second-order valence-electron chi connectivity index (χ2n) is 2.49. The fourth-order valence-electron chi connectivity index (χ4n) is 0.755. The van der Waals surface area contributed by atoms with E-state index in [1.54, 1.807) is 11.8 Å². The van der Waals surface area contributed by atoms with Gasteiger partial charge in [-0.3, -0.25) is 0 Å². The predicted octanol–water partition coefficient (Wildman–Crippen LogP) is 1.21. The molecule has 0 aliphatic heterocycles. The molecule has 0 saturated heterocycles. The van der Waals surface area contributed by atoms with Gasteiger partial charge in [0.25, 0.3) is 0 Å². The standard InChI is InChI=1S/C7H13N3OS/c1-5(8-2)7-9-6(4-12-3)10-11-7/h5,8H,4H2,1-3H3. The number of hydrogen-bond acceptors (Lipinski definition) is 5. The molecule has 1 aromatic heterocycles. The minimum atomic E-state index is 0.133. The minimum absolute atomic E-state index is 0.133. The van der Waals surface area contributed by atoms with Crippen LogP contribution >= 0.6 is 11.8 Å². The summed E-state index contributed by atoms with van der Waals surface area (Å²) in [6, 6.07) is 0.133. The van der Waals surface area contributed by atoms with E-state index in [2.05, 4.69) is 15.5 Å². The molecule has 0 saturated carbocycles.